The summed E-state index contributed by atoms with van der Waals surface area (Å²) < 4.78 is 102. The number of hydrogen-bond donors (Lipinski definition) is 0. The normalized spacial score (nSPS) is 19.3. The van der Waals surface area contributed by atoms with Gasteiger partial charge >= 0.3 is 17.3 Å². The molecule has 0 amide bonds. The lowest BCUT2D eigenvalue weighted by atomic mass is 9.79. The van der Waals surface area contributed by atoms with E-state index in [0.717, 1.165) is 22.5 Å². The lowest BCUT2D eigenvalue weighted by molar-refractivity contribution is 0.00578. The maximum atomic E-state index is 16.8. The molecule has 54 heavy (non-hydrogen) atoms. The standard InChI is InChI=1S/C36H54BF3N4O7SSi2/c1-35(2)36(3,4)51-37(50-35)25-19-27-28(22-42(34(27)41-20-25)23-48-15-17-53(5,6)7)33(45)31-29(39)11-12-30(32(31)40)44(24-49-16-18-54(8,9)10)52(46,47)43-14-13-26(38)21-43/h11-12,19-20,22,26H,13-18,21,23-24H2,1-10H3. The largest absolute Gasteiger partial charge is 0.496 e. The molecule has 5 rings (SSSR count). The van der Waals surface area contributed by atoms with Crippen molar-refractivity contribution >= 4 is 61.4 Å². The molecule has 4 heterocycles. The van der Waals surface area contributed by atoms with Gasteiger partial charge in [0.25, 0.3) is 0 Å². The van der Waals surface area contributed by atoms with Gasteiger partial charge in [-0.1, -0.05) is 39.3 Å². The first-order valence-corrected chi connectivity index (χ1v) is 27.2. The molecule has 2 aliphatic rings. The van der Waals surface area contributed by atoms with Crippen LogP contribution in [0.1, 0.15) is 50.0 Å². The van der Waals surface area contributed by atoms with Crippen molar-refractivity contribution in [3.63, 3.8) is 0 Å². The Bertz CT molecular complexity index is 1960. The van der Waals surface area contributed by atoms with Gasteiger partial charge in [0.2, 0.25) is 5.78 Å². The highest BCUT2D eigenvalue weighted by Crippen LogP contribution is 2.37. The molecule has 1 unspecified atom stereocenters. The van der Waals surface area contributed by atoms with Gasteiger partial charge in [-0.05, 0) is 64.4 Å². The van der Waals surface area contributed by atoms with Crippen LogP contribution < -0.4 is 9.77 Å². The molecule has 0 radical (unpaired) electrons. The Morgan fingerprint density at radius 3 is 2.20 bits per heavy atom. The first kappa shape index (κ1) is 42.6. The Kier molecular flexibility index (Phi) is 12.4. The number of aromatic nitrogens is 2. The number of anilines is 1. The van der Waals surface area contributed by atoms with Crippen LogP contribution in [0.4, 0.5) is 18.9 Å². The number of ether oxygens (including phenoxy) is 2. The highest BCUT2D eigenvalue weighted by Gasteiger charge is 2.52. The minimum absolute atomic E-state index is 0.0208. The lowest BCUT2D eigenvalue weighted by Crippen LogP contribution is -2.45. The van der Waals surface area contributed by atoms with Crippen molar-refractivity contribution in [1.82, 2.24) is 13.9 Å². The number of carbonyl (C=O) groups excluding carboxylic acids is 1. The Balaban J connectivity index is 1.57. The molecule has 298 valence electrons. The summed E-state index contributed by atoms with van der Waals surface area (Å²) in [6.07, 6.45) is 1.60. The van der Waals surface area contributed by atoms with E-state index in [9.17, 15) is 17.6 Å². The molecule has 0 aliphatic carbocycles. The van der Waals surface area contributed by atoms with Gasteiger partial charge in [-0.2, -0.15) is 12.7 Å². The fourth-order valence-electron chi connectivity index (χ4n) is 6.02. The van der Waals surface area contributed by atoms with Crippen molar-refractivity contribution in [3.8, 4) is 0 Å². The van der Waals surface area contributed by atoms with Gasteiger partial charge < -0.3 is 23.3 Å². The van der Waals surface area contributed by atoms with Crippen LogP contribution in [0.2, 0.25) is 51.4 Å². The zero-order valence-corrected chi connectivity index (χ0v) is 35.9. The van der Waals surface area contributed by atoms with E-state index in [2.05, 4.69) is 44.3 Å². The monoisotopic (exact) mass is 810 g/mol. The van der Waals surface area contributed by atoms with Gasteiger partial charge in [0.1, 0.15) is 31.1 Å². The van der Waals surface area contributed by atoms with Crippen molar-refractivity contribution in [2.24, 2.45) is 0 Å². The topological polar surface area (TPSA) is 112 Å². The SMILES string of the molecule is CC1(C)OB(c2cnc3c(c2)c(C(=O)c2c(F)ccc(N(COCC[Si](C)(C)C)S(=O)(=O)N4CCC(F)C4)c2F)cn3COCC[Si](C)(C)C)OC1(C)C. The molecule has 0 bridgehead atoms. The molecular formula is C36H54BF3N4O7SSi2. The van der Waals surface area contributed by atoms with Crippen LogP contribution in [-0.4, -0.2) is 102 Å². The van der Waals surface area contributed by atoms with Crippen LogP contribution in [0, 0.1) is 11.6 Å². The number of benzene rings is 1. The van der Waals surface area contributed by atoms with Gasteiger partial charge in [-0.3, -0.25) is 4.79 Å². The third kappa shape index (κ3) is 9.33. The number of halogens is 3. The van der Waals surface area contributed by atoms with Crippen LogP contribution in [0.3, 0.4) is 0 Å². The molecule has 2 aliphatic heterocycles. The molecule has 0 N–H and O–H groups in total. The highest BCUT2D eigenvalue weighted by molar-refractivity contribution is 7.90. The number of rotatable bonds is 16. The summed E-state index contributed by atoms with van der Waals surface area (Å²) >= 11 is 0. The third-order valence-corrected chi connectivity index (χ3v) is 15.5. The molecule has 2 saturated heterocycles. The summed E-state index contributed by atoms with van der Waals surface area (Å²) in [6.45, 7) is 20.2. The maximum absolute atomic E-state index is 16.8. The zero-order chi connectivity index (χ0) is 40.0. The van der Waals surface area contributed by atoms with Crippen molar-refractivity contribution < 1.29 is 45.2 Å². The fraction of sp³-hybridized carbons (Fsp3) is 0.611. The van der Waals surface area contributed by atoms with Crippen LogP contribution in [0.5, 0.6) is 0 Å². The lowest BCUT2D eigenvalue weighted by Gasteiger charge is -2.32. The molecule has 18 heteroatoms. The second kappa shape index (κ2) is 15.8. The molecule has 0 spiro atoms. The molecule has 2 fully saturated rings. The minimum atomic E-state index is -4.55. The van der Waals surface area contributed by atoms with Gasteiger partial charge in [-0.25, -0.2) is 22.5 Å². The molecular weight excluding hydrogens is 756 g/mol. The smallest absolute Gasteiger partial charge is 0.399 e. The first-order valence-electron chi connectivity index (χ1n) is 18.4. The van der Waals surface area contributed by atoms with E-state index >= 15 is 8.78 Å². The van der Waals surface area contributed by atoms with Crippen LogP contribution in [0.25, 0.3) is 11.0 Å². The first-order chi connectivity index (χ1) is 24.9. The predicted octanol–water partition coefficient (Wildman–Crippen LogP) is 6.56. The van der Waals surface area contributed by atoms with Crippen molar-refractivity contribution in [2.45, 2.75) is 110 Å². The summed E-state index contributed by atoms with van der Waals surface area (Å²) in [5.41, 5.74) is -2.15. The van der Waals surface area contributed by atoms with Gasteiger partial charge in [0.05, 0.1) is 28.0 Å². The number of alkyl halides is 1. The van der Waals surface area contributed by atoms with E-state index in [0.29, 0.717) is 28.1 Å². The summed E-state index contributed by atoms with van der Waals surface area (Å²) in [5.74, 6) is -3.62. The van der Waals surface area contributed by atoms with Crippen LogP contribution in [-0.2, 0) is 35.7 Å². The van der Waals surface area contributed by atoms with E-state index < -0.39 is 92.8 Å². The molecule has 1 atom stereocenters. The van der Waals surface area contributed by atoms with E-state index in [4.69, 9.17) is 18.8 Å². The van der Waals surface area contributed by atoms with Crippen LogP contribution in [0.15, 0.2) is 30.6 Å². The number of carbonyl (C=O) groups is 1. The second-order valence-electron chi connectivity index (χ2n) is 17.6. The Labute approximate surface area is 319 Å². The average Bonchev–Trinajstić information content (AvgIpc) is 3.71. The van der Waals surface area contributed by atoms with Crippen molar-refractivity contribution in [1.29, 1.82) is 0 Å². The van der Waals surface area contributed by atoms with E-state index in [1.54, 1.807) is 16.8 Å². The number of fused-ring (bicyclic) bond motifs is 1. The molecule has 0 saturated carbocycles. The number of pyridine rings is 1. The molecule has 1 aromatic carbocycles. The van der Waals surface area contributed by atoms with Gasteiger partial charge in [0.15, 0.2) is 5.82 Å². The molecule has 3 aromatic rings. The zero-order valence-electron chi connectivity index (χ0n) is 33.1. The highest BCUT2D eigenvalue weighted by atomic mass is 32.2. The quantitative estimate of drug-likeness (QED) is 0.0693. The Morgan fingerprint density at radius 2 is 1.63 bits per heavy atom. The fourth-order valence-corrected chi connectivity index (χ4v) is 9.09. The van der Waals surface area contributed by atoms with Crippen molar-refractivity contribution in [2.75, 3.05) is 37.3 Å². The second-order valence-corrected chi connectivity index (χ2v) is 30.7. The van der Waals surface area contributed by atoms with Gasteiger partial charge in [0, 0.05) is 65.7 Å². The Hall–Kier alpha value is -2.58. The number of nitrogens with zero attached hydrogens (tertiary/aromatic N) is 4. The third-order valence-electron chi connectivity index (χ3n) is 10.2. The summed E-state index contributed by atoms with van der Waals surface area (Å²) in [7, 11) is -8.39. The number of hydrogen-bond acceptors (Lipinski definition) is 8. The van der Waals surface area contributed by atoms with Crippen molar-refractivity contribution in [3.05, 3.63) is 53.4 Å². The average molecular weight is 811 g/mol. The molecule has 11 nitrogen and oxygen atoms in total. The van der Waals surface area contributed by atoms with E-state index in [1.807, 2.05) is 27.7 Å². The minimum Gasteiger partial charge on any atom is -0.399 e. The summed E-state index contributed by atoms with van der Waals surface area (Å²) in [5, 5.41) is 0.274. The predicted molar refractivity (Wildman–Crippen MR) is 211 cm³/mol. The van der Waals surface area contributed by atoms with Gasteiger partial charge in [-0.15, -0.1) is 0 Å². The molecule has 2 aromatic heterocycles. The Morgan fingerprint density at radius 1 is 1.02 bits per heavy atom. The van der Waals surface area contributed by atoms with E-state index in [1.165, 1.54) is 6.20 Å². The number of ketones is 1. The van der Waals surface area contributed by atoms with E-state index in [-0.39, 0.29) is 37.3 Å². The maximum Gasteiger partial charge on any atom is 0.496 e. The van der Waals surface area contributed by atoms with Crippen LogP contribution >= 0.6 is 0 Å². The summed E-state index contributed by atoms with van der Waals surface area (Å²) in [6, 6.07) is 5.05. The summed E-state index contributed by atoms with van der Waals surface area (Å²) in [4.78, 5) is 19.1.